The third kappa shape index (κ3) is 3.79. The number of rotatable bonds is 3. The van der Waals surface area contributed by atoms with Gasteiger partial charge in [0.05, 0.1) is 12.2 Å². The van der Waals surface area contributed by atoms with Crippen molar-refractivity contribution in [2.24, 2.45) is 0 Å². The molecule has 0 atom stereocenters. The molecule has 2 rings (SSSR count). The number of pyridine rings is 1. The predicted octanol–water partition coefficient (Wildman–Crippen LogP) is 5.74. The number of hydrogen-bond donors (Lipinski definition) is 1. The quantitative estimate of drug-likeness (QED) is 0.582. The molecule has 1 N–H and O–H groups in total. The van der Waals surface area contributed by atoms with Gasteiger partial charge in [0.1, 0.15) is 0 Å². The Morgan fingerprint density at radius 2 is 1.67 bits per heavy atom. The van der Waals surface area contributed by atoms with Crippen LogP contribution in [0.2, 0.25) is 0 Å². The highest BCUT2D eigenvalue weighted by Crippen LogP contribution is 2.27. The first-order valence-electron chi connectivity index (χ1n) is 5.05. The van der Waals surface area contributed by atoms with Gasteiger partial charge in [-0.05, 0) is 72.1 Å². The fourth-order valence-corrected chi connectivity index (χ4v) is 3.70. The molecule has 0 bridgehead atoms. The Kier molecular flexibility index (Phi) is 5.24. The van der Waals surface area contributed by atoms with E-state index in [0.29, 0.717) is 6.54 Å². The SMILES string of the molecule is Brc1ccc(NCc2ncc(Br)cc2Br)c(Br)c1. The lowest BCUT2D eigenvalue weighted by atomic mass is 10.3. The van der Waals surface area contributed by atoms with Crippen molar-refractivity contribution in [1.82, 2.24) is 4.98 Å². The van der Waals surface area contributed by atoms with Gasteiger partial charge in [-0.2, -0.15) is 0 Å². The maximum absolute atomic E-state index is 4.36. The fourth-order valence-electron chi connectivity index (χ4n) is 1.38. The first-order valence-corrected chi connectivity index (χ1v) is 8.22. The van der Waals surface area contributed by atoms with Crippen molar-refractivity contribution in [2.45, 2.75) is 6.54 Å². The van der Waals surface area contributed by atoms with Gasteiger partial charge in [0.2, 0.25) is 0 Å². The summed E-state index contributed by atoms with van der Waals surface area (Å²) in [7, 11) is 0. The molecule has 94 valence electrons. The summed E-state index contributed by atoms with van der Waals surface area (Å²) in [5, 5.41) is 3.34. The molecule has 0 spiro atoms. The maximum atomic E-state index is 4.36. The molecule has 0 saturated carbocycles. The van der Waals surface area contributed by atoms with Gasteiger partial charge in [0, 0.05) is 29.8 Å². The van der Waals surface area contributed by atoms with E-state index >= 15 is 0 Å². The Morgan fingerprint density at radius 1 is 0.944 bits per heavy atom. The van der Waals surface area contributed by atoms with Crippen LogP contribution in [0, 0.1) is 0 Å². The van der Waals surface area contributed by atoms with Crippen LogP contribution in [0.25, 0.3) is 0 Å². The zero-order chi connectivity index (χ0) is 13.1. The molecule has 2 aromatic rings. The largest absolute Gasteiger partial charge is 0.378 e. The smallest absolute Gasteiger partial charge is 0.0737 e. The Bertz CT molecular complexity index is 520. The van der Waals surface area contributed by atoms with E-state index in [1.54, 1.807) is 6.20 Å². The molecule has 1 aromatic heterocycles. The minimum atomic E-state index is 0.661. The summed E-state index contributed by atoms with van der Waals surface area (Å²) < 4.78 is 4.01. The first-order chi connectivity index (χ1) is 8.56. The third-order valence-electron chi connectivity index (χ3n) is 2.26. The molecule has 18 heavy (non-hydrogen) atoms. The van der Waals surface area contributed by atoms with Crippen molar-refractivity contribution in [3.8, 4) is 0 Å². The van der Waals surface area contributed by atoms with Crippen LogP contribution in [0.5, 0.6) is 0 Å². The summed E-state index contributed by atoms with van der Waals surface area (Å²) in [5.74, 6) is 0. The minimum Gasteiger partial charge on any atom is -0.378 e. The normalized spacial score (nSPS) is 10.4. The molecule has 0 fully saturated rings. The zero-order valence-corrected chi connectivity index (χ0v) is 15.4. The Labute approximate surface area is 139 Å². The van der Waals surface area contributed by atoms with Gasteiger partial charge in [0.25, 0.3) is 0 Å². The second-order valence-corrected chi connectivity index (χ2v) is 7.10. The number of hydrogen-bond acceptors (Lipinski definition) is 2. The average Bonchev–Trinajstić information content (AvgIpc) is 2.30. The van der Waals surface area contributed by atoms with Crippen molar-refractivity contribution in [2.75, 3.05) is 5.32 Å². The summed E-state index contributed by atoms with van der Waals surface area (Å²) in [6.45, 7) is 0.661. The molecule has 1 heterocycles. The van der Waals surface area contributed by atoms with Gasteiger partial charge in [-0.1, -0.05) is 15.9 Å². The van der Waals surface area contributed by atoms with Gasteiger partial charge in [-0.3, -0.25) is 4.98 Å². The molecule has 1 aromatic carbocycles. The van der Waals surface area contributed by atoms with E-state index in [1.165, 1.54) is 0 Å². The van der Waals surface area contributed by atoms with E-state index in [9.17, 15) is 0 Å². The minimum absolute atomic E-state index is 0.661. The van der Waals surface area contributed by atoms with Crippen molar-refractivity contribution in [3.05, 3.63) is 54.0 Å². The third-order valence-corrected chi connectivity index (χ3v) is 4.53. The molecule has 0 radical (unpaired) electrons. The number of anilines is 1. The summed E-state index contributed by atoms with van der Waals surface area (Å²) in [6, 6.07) is 8.01. The Hall–Kier alpha value is 0.0900. The van der Waals surface area contributed by atoms with Gasteiger partial charge < -0.3 is 5.32 Å². The number of benzene rings is 1. The summed E-state index contributed by atoms with van der Waals surface area (Å²) >= 11 is 13.8. The predicted molar refractivity (Wildman–Crippen MR) is 88.8 cm³/mol. The lowest BCUT2D eigenvalue weighted by Crippen LogP contribution is -2.03. The van der Waals surface area contributed by atoms with Crippen LogP contribution in [0.4, 0.5) is 5.69 Å². The maximum Gasteiger partial charge on any atom is 0.0737 e. The Balaban J connectivity index is 2.11. The van der Waals surface area contributed by atoms with Crippen molar-refractivity contribution >= 4 is 69.4 Å². The number of aromatic nitrogens is 1. The van der Waals surface area contributed by atoms with Crippen LogP contribution >= 0.6 is 63.7 Å². The molecule has 0 aliphatic rings. The van der Waals surface area contributed by atoms with Gasteiger partial charge in [0.15, 0.2) is 0 Å². The monoisotopic (exact) mass is 496 g/mol. The highest BCUT2D eigenvalue weighted by Gasteiger charge is 2.04. The van der Waals surface area contributed by atoms with Gasteiger partial charge >= 0.3 is 0 Å². The van der Waals surface area contributed by atoms with Crippen molar-refractivity contribution < 1.29 is 0 Å². The van der Waals surface area contributed by atoms with Crippen LogP contribution in [0.3, 0.4) is 0 Å². The zero-order valence-electron chi connectivity index (χ0n) is 9.05. The molecule has 0 saturated heterocycles. The van der Waals surface area contributed by atoms with Crippen LogP contribution in [-0.4, -0.2) is 4.98 Å². The average molecular weight is 500 g/mol. The molecule has 2 nitrogen and oxygen atoms in total. The second kappa shape index (κ2) is 6.50. The number of halogens is 4. The number of nitrogens with one attached hydrogen (secondary N) is 1. The lowest BCUT2D eigenvalue weighted by molar-refractivity contribution is 1.03. The van der Waals surface area contributed by atoms with Crippen LogP contribution in [-0.2, 0) is 6.54 Å². The highest BCUT2D eigenvalue weighted by molar-refractivity contribution is 9.11. The van der Waals surface area contributed by atoms with Crippen LogP contribution in [0.1, 0.15) is 5.69 Å². The standard InChI is InChI=1S/C12H8Br4N2/c13-7-1-2-11(9(15)3-7)18-6-12-10(16)4-8(14)5-17-12/h1-5,18H,6H2. The molecular weight excluding hydrogens is 492 g/mol. The molecule has 0 amide bonds. The molecule has 0 aliphatic heterocycles. The van der Waals surface area contributed by atoms with Crippen molar-refractivity contribution in [3.63, 3.8) is 0 Å². The molecule has 0 aliphatic carbocycles. The summed E-state index contributed by atoms with van der Waals surface area (Å²) in [6.07, 6.45) is 1.79. The van der Waals surface area contributed by atoms with E-state index in [4.69, 9.17) is 0 Å². The highest BCUT2D eigenvalue weighted by atomic mass is 79.9. The molecule has 0 unspecified atom stereocenters. The van der Waals surface area contributed by atoms with E-state index in [1.807, 2.05) is 24.3 Å². The topological polar surface area (TPSA) is 24.9 Å². The van der Waals surface area contributed by atoms with Crippen LogP contribution < -0.4 is 5.32 Å². The second-order valence-electron chi connectivity index (χ2n) is 3.56. The number of nitrogens with zero attached hydrogens (tertiary/aromatic N) is 1. The van der Waals surface area contributed by atoms with E-state index < -0.39 is 0 Å². The van der Waals surface area contributed by atoms with Crippen LogP contribution in [0.15, 0.2) is 48.4 Å². The summed E-state index contributed by atoms with van der Waals surface area (Å²) in [4.78, 5) is 4.36. The van der Waals surface area contributed by atoms with E-state index in [0.717, 1.165) is 29.3 Å². The van der Waals surface area contributed by atoms with Gasteiger partial charge in [-0.25, -0.2) is 0 Å². The summed E-state index contributed by atoms with van der Waals surface area (Å²) in [5.41, 5.74) is 2.00. The van der Waals surface area contributed by atoms with E-state index in [-0.39, 0.29) is 0 Å². The Morgan fingerprint density at radius 3 is 2.33 bits per heavy atom. The fraction of sp³-hybridized carbons (Fsp3) is 0.0833. The molecule has 6 heteroatoms. The first kappa shape index (κ1) is 14.5. The molecular formula is C12H8Br4N2. The lowest BCUT2D eigenvalue weighted by Gasteiger charge is -2.09. The van der Waals surface area contributed by atoms with Crippen molar-refractivity contribution in [1.29, 1.82) is 0 Å². The van der Waals surface area contributed by atoms with E-state index in [2.05, 4.69) is 74.0 Å². The van der Waals surface area contributed by atoms with Gasteiger partial charge in [-0.15, -0.1) is 0 Å².